The highest BCUT2D eigenvalue weighted by atomic mass is 79.9. The third-order valence-corrected chi connectivity index (χ3v) is 4.47. The molecule has 0 heterocycles. The molecule has 5 heteroatoms. The predicted octanol–water partition coefficient (Wildman–Crippen LogP) is 3.63. The molecule has 2 aromatic carbocycles. The van der Waals surface area contributed by atoms with Crippen molar-refractivity contribution in [3.05, 3.63) is 76.3 Å². The maximum Gasteiger partial charge on any atom is 0.244 e. The molecule has 0 saturated heterocycles. The zero-order valence-electron chi connectivity index (χ0n) is 14.3. The normalized spacial score (nSPS) is 12.0. The van der Waals surface area contributed by atoms with Crippen LogP contribution >= 0.6 is 15.9 Å². The first-order chi connectivity index (χ1) is 12.0. The molecule has 25 heavy (non-hydrogen) atoms. The summed E-state index contributed by atoms with van der Waals surface area (Å²) in [7, 11) is 1.73. The molecule has 0 radical (unpaired) electrons. The van der Waals surface area contributed by atoms with Crippen LogP contribution in [0, 0.1) is 0 Å². The number of rotatable bonds is 6. The molecule has 0 aromatic heterocycles. The number of carbonyl (C=O) groups is 2. The summed E-state index contributed by atoms with van der Waals surface area (Å²) in [6, 6.07) is 16.7. The predicted molar refractivity (Wildman–Crippen MR) is 104 cm³/mol. The van der Waals surface area contributed by atoms with Crippen LogP contribution < -0.4 is 5.32 Å². The van der Waals surface area contributed by atoms with E-state index in [2.05, 4.69) is 21.2 Å². The van der Waals surface area contributed by atoms with Crippen LogP contribution in [0.1, 0.15) is 18.1 Å². The summed E-state index contributed by atoms with van der Waals surface area (Å²) < 4.78 is 0.956. The summed E-state index contributed by atoms with van der Waals surface area (Å²) in [6.07, 6.45) is 3.16. The Morgan fingerprint density at radius 2 is 1.76 bits per heavy atom. The summed E-state index contributed by atoms with van der Waals surface area (Å²) in [5.74, 6) is -0.434. The molecule has 0 saturated carbocycles. The Balaban J connectivity index is 1.89. The minimum absolute atomic E-state index is 0.141. The van der Waals surface area contributed by atoms with E-state index in [4.69, 9.17) is 0 Å². The summed E-state index contributed by atoms with van der Waals surface area (Å²) in [5.41, 5.74) is 1.95. The quantitative estimate of drug-likeness (QED) is 0.752. The fourth-order valence-corrected chi connectivity index (χ4v) is 2.76. The molecule has 0 aliphatic carbocycles. The van der Waals surface area contributed by atoms with Crippen molar-refractivity contribution in [3.8, 4) is 0 Å². The lowest BCUT2D eigenvalue weighted by Crippen LogP contribution is -2.44. The smallest absolute Gasteiger partial charge is 0.244 e. The molecule has 2 rings (SSSR count). The van der Waals surface area contributed by atoms with Gasteiger partial charge in [0.1, 0.15) is 6.04 Å². The monoisotopic (exact) mass is 400 g/mol. The highest BCUT2D eigenvalue weighted by Crippen LogP contribution is 2.17. The van der Waals surface area contributed by atoms with Crippen LogP contribution in [-0.4, -0.2) is 29.8 Å². The van der Waals surface area contributed by atoms with Crippen molar-refractivity contribution < 1.29 is 9.59 Å². The molecular formula is C20H21BrN2O2. The van der Waals surface area contributed by atoms with Crippen LogP contribution in [-0.2, 0) is 16.1 Å². The Labute approximate surface area is 156 Å². The van der Waals surface area contributed by atoms with E-state index < -0.39 is 6.04 Å². The molecule has 2 aromatic rings. The minimum Gasteiger partial charge on any atom is -0.341 e. The Kier molecular flexibility index (Phi) is 6.95. The number of halogens is 1. The molecule has 0 aliphatic rings. The number of amides is 2. The Morgan fingerprint density at radius 3 is 2.44 bits per heavy atom. The lowest BCUT2D eigenvalue weighted by Gasteiger charge is -2.22. The first-order valence-corrected chi connectivity index (χ1v) is 8.78. The van der Waals surface area contributed by atoms with E-state index in [0.717, 1.165) is 15.6 Å². The van der Waals surface area contributed by atoms with Gasteiger partial charge in [-0.2, -0.15) is 0 Å². The molecule has 1 N–H and O–H groups in total. The Hall–Kier alpha value is -2.40. The molecule has 1 unspecified atom stereocenters. The van der Waals surface area contributed by atoms with Crippen molar-refractivity contribution in [1.82, 2.24) is 10.2 Å². The van der Waals surface area contributed by atoms with Gasteiger partial charge in [0, 0.05) is 24.1 Å². The van der Waals surface area contributed by atoms with Crippen molar-refractivity contribution in [1.29, 1.82) is 0 Å². The van der Waals surface area contributed by atoms with Crippen molar-refractivity contribution in [2.24, 2.45) is 0 Å². The summed E-state index contributed by atoms with van der Waals surface area (Å²) in [6.45, 7) is 2.16. The molecule has 0 spiro atoms. The number of carbonyl (C=O) groups excluding carboxylic acids is 2. The average Bonchev–Trinajstić information content (AvgIpc) is 2.62. The highest BCUT2D eigenvalue weighted by Gasteiger charge is 2.19. The van der Waals surface area contributed by atoms with E-state index >= 15 is 0 Å². The number of hydrogen-bond donors (Lipinski definition) is 1. The zero-order valence-corrected chi connectivity index (χ0v) is 15.9. The van der Waals surface area contributed by atoms with Crippen LogP contribution in [0.15, 0.2) is 65.1 Å². The number of hydrogen-bond acceptors (Lipinski definition) is 2. The van der Waals surface area contributed by atoms with Gasteiger partial charge in [-0.3, -0.25) is 9.59 Å². The van der Waals surface area contributed by atoms with E-state index in [0.29, 0.717) is 6.54 Å². The molecule has 1 atom stereocenters. The molecule has 2 amide bonds. The van der Waals surface area contributed by atoms with Crippen LogP contribution in [0.3, 0.4) is 0 Å². The zero-order chi connectivity index (χ0) is 18.2. The van der Waals surface area contributed by atoms with Crippen molar-refractivity contribution in [3.63, 3.8) is 0 Å². The van der Waals surface area contributed by atoms with Gasteiger partial charge in [0.2, 0.25) is 11.8 Å². The van der Waals surface area contributed by atoms with Gasteiger partial charge in [0.15, 0.2) is 0 Å². The van der Waals surface area contributed by atoms with Crippen molar-refractivity contribution >= 4 is 33.8 Å². The van der Waals surface area contributed by atoms with E-state index in [1.807, 2.05) is 54.6 Å². The standard InChI is InChI=1S/C20H21BrN2O2/c1-15(22-19(24)13-12-16-8-4-3-5-9-16)20(25)23(2)14-17-10-6-7-11-18(17)21/h3-13,15H,14H2,1-2H3,(H,22,24)/b13-12+. The second-order valence-corrected chi connectivity index (χ2v) is 6.61. The second-order valence-electron chi connectivity index (χ2n) is 5.76. The van der Waals surface area contributed by atoms with Gasteiger partial charge in [0.05, 0.1) is 0 Å². The molecular weight excluding hydrogens is 380 g/mol. The Bertz CT molecular complexity index is 759. The van der Waals surface area contributed by atoms with Gasteiger partial charge < -0.3 is 10.2 Å². The van der Waals surface area contributed by atoms with Crippen LogP contribution in [0.25, 0.3) is 6.08 Å². The van der Waals surface area contributed by atoms with Gasteiger partial charge in [-0.05, 0) is 30.2 Å². The van der Waals surface area contributed by atoms with E-state index in [1.54, 1.807) is 24.9 Å². The largest absolute Gasteiger partial charge is 0.341 e. The SMILES string of the molecule is CC(NC(=O)/C=C/c1ccccc1)C(=O)N(C)Cc1ccccc1Br. The maximum absolute atomic E-state index is 12.4. The first-order valence-electron chi connectivity index (χ1n) is 7.99. The number of likely N-dealkylation sites (N-methyl/N-ethyl adjacent to an activating group) is 1. The van der Waals surface area contributed by atoms with Gasteiger partial charge in [-0.25, -0.2) is 0 Å². The maximum atomic E-state index is 12.4. The summed E-state index contributed by atoms with van der Waals surface area (Å²) >= 11 is 3.48. The second kappa shape index (κ2) is 9.18. The molecule has 0 aliphatic heterocycles. The fraction of sp³-hybridized carbons (Fsp3) is 0.200. The summed E-state index contributed by atoms with van der Waals surface area (Å²) in [5, 5.41) is 2.70. The first kappa shape index (κ1) is 18.9. The lowest BCUT2D eigenvalue weighted by molar-refractivity contribution is -0.134. The fourth-order valence-electron chi connectivity index (χ4n) is 2.35. The van der Waals surface area contributed by atoms with Crippen LogP contribution in [0.2, 0.25) is 0 Å². The number of nitrogens with one attached hydrogen (secondary N) is 1. The molecule has 4 nitrogen and oxygen atoms in total. The van der Waals surface area contributed by atoms with Crippen molar-refractivity contribution in [2.75, 3.05) is 7.05 Å². The topological polar surface area (TPSA) is 49.4 Å². The van der Waals surface area contributed by atoms with E-state index in [1.165, 1.54) is 6.08 Å². The molecule has 0 bridgehead atoms. The van der Waals surface area contributed by atoms with Crippen molar-refractivity contribution in [2.45, 2.75) is 19.5 Å². The number of nitrogens with zero attached hydrogens (tertiary/aromatic N) is 1. The van der Waals surface area contributed by atoms with E-state index in [9.17, 15) is 9.59 Å². The van der Waals surface area contributed by atoms with Gasteiger partial charge in [-0.1, -0.05) is 64.5 Å². The van der Waals surface area contributed by atoms with Crippen LogP contribution in [0.4, 0.5) is 0 Å². The highest BCUT2D eigenvalue weighted by molar-refractivity contribution is 9.10. The van der Waals surface area contributed by atoms with E-state index in [-0.39, 0.29) is 11.8 Å². The minimum atomic E-state index is -0.597. The molecule has 130 valence electrons. The van der Waals surface area contributed by atoms with Gasteiger partial charge >= 0.3 is 0 Å². The lowest BCUT2D eigenvalue weighted by atomic mass is 10.2. The third kappa shape index (κ3) is 5.87. The van der Waals surface area contributed by atoms with Gasteiger partial charge in [0.25, 0.3) is 0 Å². The third-order valence-electron chi connectivity index (χ3n) is 3.70. The number of benzene rings is 2. The van der Waals surface area contributed by atoms with Gasteiger partial charge in [-0.15, -0.1) is 0 Å². The summed E-state index contributed by atoms with van der Waals surface area (Å²) in [4.78, 5) is 26.0. The Morgan fingerprint density at radius 1 is 1.12 bits per heavy atom. The van der Waals surface area contributed by atoms with Crippen LogP contribution in [0.5, 0.6) is 0 Å². The molecule has 0 fully saturated rings. The average molecular weight is 401 g/mol.